The van der Waals surface area contributed by atoms with Crippen LogP contribution in [0.4, 0.5) is 13.2 Å². The van der Waals surface area contributed by atoms with Crippen LogP contribution in [0.2, 0.25) is 0 Å². The molecule has 0 spiro atoms. The van der Waals surface area contributed by atoms with Crippen LogP contribution in [0.1, 0.15) is 62.5 Å². The number of hydrogen-bond donors (Lipinski definition) is 0. The molecule has 128 valence electrons. The Morgan fingerprint density at radius 1 is 1.22 bits per heavy atom. The van der Waals surface area contributed by atoms with Gasteiger partial charge in [-0.2, -0.15) is 13.2 Å². The van der Waals surface area contributed by atoms with Gasteiger partial charge in [0, 0.05) is 6.42 Å². The van der Waals surface area contributed by atoms with Crippen molar-refractivity contribution in [1.29, 1.82) is 0 Å². The van der Waals surface area contributed by atoms with Crippen molar-refractivity contribution >= 4 is 5.97 Å². The Morgan fingerprint density at radius 3 is 2.52 bits per heavy atom. The van der Waals surface area contributed by atoms with Gasteiger partial charge in [0.2, 0.25) is 0 Å². The van der Waals surface area contributed by atoms with E-state index >= 15 is 0 Å². The molecule has 1 aliphatic carbocycles. The van der Waals surface area contributed by atoms with Crippen molar-refractivity contribution < 1.29 is 22.7 Å². The molecule has 0 aromatic heterocycles. The molecule has 1 saturated carbocycles. The molecule has 1 aliphatic rings. The van der Waals surface area contributed by atoms with Gasteiger partial charge in [0.05, 0.1) is 12.2 Å². The number of benzene rings is 1. The van der Waals surface area contributed by atoms with Gasteiger partial charge in [-0.15, -0.1) is 0 Å². The fourth-order valence-corrected chi connectivity index (χ4v) is 3.31. The highest BCUT2D eigenvalue weighted by Gasteiger charge is 2.31. The van der Waals surface area contributed by atoms with Gasteiger partial charge in [-0.25, -0.2) is 0 Å². The minimum Gasteiger partial charge on any atom is -0.466 e. The van der Waals surface area contributed by atoms with Gasteiger partial charge >= 0.3 is 12.1 Å². The second-order valence-electron chi connectivity index (χ2n) is 6.18. The number of ether oxygens (including phenoxy) is 1. The van der Waals surface area contributed by atoms with Crippen molar-refractivity contribution in [3.63, 3.8) is 0 Å². The molecule has 0 radical (unpaired) electrons. The minimum atomic E-state index is -4.28. The van der Waals surface area contributed by atoms with E-state index in [1.165, 1.54) is 12.1 Å². The highest BCUT2D eigenvalue weighted by molar-refractivity contribution is 5.69. The molecule has 1 aromatic rings. The molecule has 2 rings (SSSR count). The third kappa shape index (κ3) is 5.26. The van der Waals surface area contributed by atoms with E-state index in [4.69, 9.17) is 4.74 Å². The molecule has 1 aromatic carbocycles. The number of carbonyl (C=O) groups is 1. The Bertz CT molecular complexity index is 517. The number of halogens is 3. The van der Waals surface area contributed by atoms with Gasteiger partial charge in [-0.1, -0.05) is 18.2 Å². The zero-order valence-corrected chi connectivity index (χ0v) is 13.4. The summed E-state index contributed by atoms with van der Waals surface area (Å²) in [6, 6.07) is 5.68. The summed E-state index contributed by atoms with van der Waals surface area (Å²) in [5.41, 5.74) is 0.211. The molecular weight excluding hydrogens is 305 g/mol. The Hall–Kier alpha value is -1.52. The van der Waals surface area contributed by atoms with E-state index in [0.29, 0.717) is 18.9 Å². The Balaban J connectivity index is 1.86. The number of rotatable bonds is 5. The highest BCUT2D eigenvalue weighted by atomic mass is 19.4. The van der Waals surface area contributed by atoms with Crippen LogP contribution in [0.15, 0.2) is 24.3 Å². The van der Waals surface area contributed by atoms with E-state index in [1.807, 2.05) is 0 Å². The second-order valence-corrected chi connectivity index (χ2v) is 6.18. The predicted molar refractivity (Wildman–Crippen MR) is 82.0 cm³/mol. The minimum absolute atomic E-state index is 0.160. The van der Waals surface area contributed by atoms with Crippen molar-refractivity contribution in [3.8, 4) is 0 Å². The zero-order valence-electron chi connectivity index (χ0n) is 13.4. The monoisotopic (exact) mass is 328 g/mol. The van der Waals surface area contributed by atoms with Crippen molar-refractivity contribution in [2.45, 2.75) is 57.5 Å². The second kappa shape index (κ2) is 7.84. The number of esters is 1. The average Bonchev–Trinajstić information content (AvgIpc) is 2.53. The molecule has 0 amide bonds. The van der Waals surface area contributed by atoms with Gasteiger partial charge in [0.15, 0.2) is 0 Å². The lowest BCUT2D eigenvalue weighted by Gasteiger charge is -2.29. The van der Waals surface area contributed by atoms with E-state index in [-0.39, 0.29) is 11.9 Å². The fourth-order valence-electron chi connectivity index (χ4n) is 3.31. The summed E-state index contributed by atoms with van der Waals surface area (Å²) in [4.78, 5) is 11.4. The van der Waals surface area contributed by atoms with Crippen LogP contribution in [-0.4, -0.2) is 12.6 Å². The molecule has 0 saturated heterocycles. The lowest BCUT2D eigenvalue weighted by molar-refractivity contribution is -0.143. The van der Waals surface area contributed by atoms with Crippen LogP contribution < -0.4 is 0 Å². The van der Waals surface area contributed by atoms with Crippen molar-refractivity contribution in [3.05, 3.63) is 35.4 Å². The van der Waals surface area contributed by atoms with E-state index in [9.17, 15) is 18.0 Å². The van der Waals surface area contributed by atoms with Gasteiger partial charge in [0.1, 0.15) is 0 Å². The molecule has 0 bridgehead atoms. The molecule has 5 heteroatoms. The maximum absolute atomic E-state index is 12.8. The van der Waals surface area contributed by atoms with E-state index in [0.717, 1.165) is 43.7 Å². The van der Waals surface area contributed by atoms with E-state index < -0.39 is 11.7 Å². The maximum atomic E-state index is 12.8. The van der Waals surface area contributed by atoms with Crippen LogP contribution >= 0.6 is 0 Å². The Morgan fingerprint density at radius 2 is 1.91 bits per heavy atom. The first kappa shape index (κ1) is 17.8. The first-order chi connectivity index (χ1) is 10.9. The van der Waals surface area contributed by atoms with Crippen LogP contribution in [0.25, 0.3) is 0 Å². The molecule has 0 aliphatic heterocycles. The van der Waals surface area contributed by atoms with Crippen LogP contribution in [0, 0.1) is 5.92 Å². The van der Waals surface area contributed by atoms with Crippen molar-refractivity contribution in [2.24, 2.45) is 5.92 Å². The standard InChI is InChI=1S/C18H23F3O2/c1-2-23-17(22)11-8-13-6-9-14(10-7-13)15-4-3-5-16(12-15)18(19,20)21/h3-5,12-14H,2,6-11H2,1H3. The molecule has 0 N–H and O–H groups in total. The quantitative estimate of drug-likeness (QED) is 0.684. The highest BCUT2D eigenvalue weighted by Crippen LogP contribution is 2.39. The number of alkyl halides is 3. The summed E-state index contributed by atoms with van der Waals surface area (Å²) in [5.74, 6) is 0.505. The Kier molecular flexibility index (Phi) is 6.08. The van der Waals surface area contributed by atoms with E-state index in [2.05, 4.69) is 0 Å². The maximum Gasteiger partial charge on any atom is 0.416 e. The molecular formula is C18H23F3O2. The lowest BCUT2D eigenvalue weighted by Crippen LogP contribution is -2.16. The topological polar surface area (TPSA) is 26.3 Å². The zero-order chi connectivity index (χ0) is 16.9. The van der Waals surface area contributed by atoms with E-state index in [1.54, 1.807) is 13.0 Å². The van der Waals surface area contributed by atoms with Crippen molar-refractivity contribution in [2.75, 3.05) is 6.61 Å². The third-order valence-electron chi connectivity index (χ3n) is 4.59. The first-order valence-corrected chi connectivity index (χ1v) is 8.23. The number of hydrogen-bond acceptors (Lipinski definition) is 2. The summed E-state index contributed by atoms with van der Waals surface area (Å²) >= 11 is 0. The summed E-state index contributed by atoms with van der Waals surface area (Å²) in [5, 5.41) is 0. The molecule has 23 heavy (non-hydrogen) atoms. The van der Waals surface area contributed by atoms with Crippen LogP contribution in [0.3, 0.4) is 0 Å². The average molecular weight is 328 g/mol. The predicted octanol–water partition coefficient (Wildman–Crippen LogP) is 5.32. The normalized spacial score (nSPS) is 21.9. The summed E-state index contributed by atoms with van der Waals surface area (Å²) in [6.45, 7) is 2.19. The van der Waals surface area contributed by atoms with Gasteiger partial charge < -0.3 is 4.74 Å². The molecule has 0 heterocycles. The molecule has 2 nitrogen and oxygen atoms in total. The van der Waals surface area contributed by atoms with Gasteiger partial charge in [0.25, 0.3) is 0 Å². The SMILES string of the molecule is CCOC(=O)CCC1CCC(c2cccc(C(F)(F)F)c2)CC1. The van der Waals surface area contributed by atoms with Gasteiger partial charge in [-0.3, -0.25) is 4.79 Å². The summed E-state index contributed by atoms with van der Waals surface area (Å²) in [7, 11) is 0. The fraction of sp³-hybridized carbons (Fsp3) is 0.611. The van der Waals surface area contributed by atoms with Crippen molar-refractivity contribution in [1.82, 2.24) is 0 Å². The summed E-state index contributed by atoms with van der Waals surface area (Å²) in [6.07, 6.45) is 0.651. The summed E-state index contributed by atoms with van der Waals surface area (Å²) < 4.78 is 43.3. The largest absolute Gasteiger partial charge is 0.466 e. The lowest BCUT2D eigenvalue weighted by atomic mass is 9.77. The first-order valence-electron chi connectivity index (χ1n) is 8.23. The third-order valence-corrected chi connectivity index (χ3v) is 4.59. The molecule has 0 unspecified atom stereocenters. The van der Waals surface area contributed by atoms with Crippen LogP contribution in [-0.2, 0) is 15.7 Å². The number of carbonyl (C=O) groups excluding carboxylic acids is 1. The van der Waals surface area contributed by atoms with Gasteiger partial charge in [-0.05, 0) is 62.5 Å². The van der Waals surface area contributed by atoms with Crippen LogP contribution in [0.5, 0.6) is 0 Å². The Labute approximate surface area is 135 Å². The molecule has 0 atom stereocenters. The molecule has 1 fully saturated rings. The smallest absolute Gasteiger partial charge is 0.416 e.